The number of piperidine rings is 2. The molecular weight excluding hydrogens is 326 g/mol. The summed E-state index contributed by atoms with van der Waals surface area (Å²) in [5.74, 6) is -0.0188. The summed E-state index contributed by atoms with van der Waals surface area (Å²) < 4.78 is 27.2. The summed E-state index contributed by atoms with van der Waals surface area (Å²) >= 11 is 0. The quantitative estimate of drug-likeness (QED) is 0.888. The van der Waals surface area contributed by atoms with E-state index >= 15 is 0 Å². The molecule has 0 unspecified atom stereocenters. The van der Waals surface area contributed by atoms with Gasteiger partial charge in [0.15, 0.2) is 0 Å². The molecule has 3 heterocycles. The van der Waals surface area contributed by atoms with Gasteiger partial charge in [-0.05, 0) is 50.3 Å². The average Bonchev–Trinajstić information content (AvgIpc) is 2.62. The fourth-order valence-electron chi connectivity index (χ4n) is 3.99. The Morgan fingerprint density at radius 1 is 1.00 bits per heavy atom. The Bertz CT molecular complexity index is 756. The highest BCUT2D eigenvalue weighted by Crippen LogP contribution is 2.37. The molecule has 1 N–H and O–H groups in total. The number of fused-ring (bicyclic) bond motifs is 3. The lowest BCUT2D eigenvalue weighted by molar-refractivity contribution is -0.118. The van der Waals surface area contributed by atoms with Crippen molar-refractivity contribution >= 4 is 27.3 Å². The van der Waals surface area contributed by atoms with Crippen LogP contribution >= 0.6 is 0 Å². The predicted molar refractivity (Wildman–Crippen MR) is 92.7 cm³/mol. The first-order chi connectivity index (χ1) is 11.6. The standard InChI is InChI=1S/C17H23N3O3S/c21-17-16-6-2-5-11-20(16)15-8-7-13(12-14(15)18-17)24(22,23)19-9-3-1-4-10-19/h7-8,12,16H,1-6,9-11H2,(H,18,21)/t16-/m1/s1. The third-order valence-corrected chi connectivity index (χ3v) is 7.19. The third-order valence-electron chi connectivity index (χ3n) is 5.29. The first-order valence-electron chi connectivity index (χ1n) is 8.79. The molecule has 6 nitrogen and oxygen atoms in total. The van der Waals surface area contributed by atoms with Crippen molar-refractivity contribution < 1.29 is 13.2 Å². The van der Waals surface area contributed by atoms with E-state index in [9.17, 15) is 13.2 Å². The van der Waals surface area contributed by atoms with E-state index in [2.05, 4.69) is 10.2 Å². The second-order valence-corrected chi connectivity index (χ2v) is 8.78. The normalized spacial score (nSPS) is 24.9. The van der Waals surface area contributed by atoms with Crippen LogP contribution in [0.4, 0.5) is 11.4 Å². The lowest BCUT2D eigenvalue weighted by Gasteiger charge is -2.41. The molecule has 4 rings (SSSR count). The minimum atomic E-state index is -3.48. The summed E-state index contributed by atoms with van der Waals surface area (Å²) in [4.78, 5) is 14.7. The monoisotopic (exact) mass is 349 g/mol. The van der Waals surface area contributed by atoms with Crippen LogP contribution in [0.3, 0.4) is 0 Å². The largest absolute Gasteiger partial charge is 0.358 e. The predicted octanol–water partition coefficient (Wildman–Crippen LogP) is 2.17. The molecule has 1 atom stereocenters. The Morgan fingerprint density at radius 3 is 2.54 bits per heavy atom. The van der Waals surface area contributed by atoms with Gasteiger partial charge in [0, 0.05) is 19.6 Å². The molecule has 3 aliphatic heterocycles. The van der Waals surface area contributed by atoms with E-state index in [1.54, 1.807) is 16.4 Å². The summed E-state index contributed by atoms with van der Waals surface area (Å²) in [6.45, 7) is 2.02. The topological polar surface area (TPSA) is 69.7 Å². The SMILES string of the molecule is O=C1Nc2cc(S(=O)(=O)N3CCCCC3)ccc2N2CCCC[C@H]12. The van der Waals surface area contributed by atoms with E-state index < -0.39 is 10.0 Å². The van der Waals surface area contributed by atoms with Crippen LogP contribution in [0.5, 0.6) is 0 Å². The van der Waals surface area contributed by atoms with Crippen molar-refractivity contribution in [2.75, 3.05) is 29.9 Å². The summed E-state index contributed by atoms with van der Waals surface area (Å²) in [6.07, 6.45) is 5.90. The Hall–Kier alpha value is -1.60. The van der Waals surface area contributed by atoms with Gasteiger partial charge in [-0.25, -0.2) is 8.42 Å². The van der Waals surface area contributed by atoms with E-state index in [4.69, 9.17) is 0 Å². The number of nitrogens with zero attached hydrogens (tertiary/aromatic N) is 2. The second-order valence-electron chi connectivity index (χ2n) is 6.84. The number of rotatable bonds is 2. The third kappa shape index (κ3) is 2.59. The zero-order valence-electron chi connectivity index (χ0n) is 13.7. The fraction of sp³-hybridized carbons (Fsp3) is 0.588. The highest BCUT2D eigenvalue weighted by molar-refractivity contribution is 7.89. The Balaban J connectivity index is 1.68. The molecule has 0 aliphatic carbocycles. The molecule has 0 bridgehead atoms. The number of anilines is 2. The van der Waals surface area contributed by atoms with Crippen molar-refractivity contribution in [3.8, 4) is 0 Å². The van der Waals surface area contributed by atoms with Gasteiger partial charge in [-0.2, -0.15) is 4.31 Å². The Morgan fingerprint density at radius 2 is 1.75 bits per heavy atom. The molecule has 2 saturated heterocycles. The van der Waals surface area contributed by atoms with E-state index in [0.29, 0.717) is 18.8 Å². The van der Waals surface area contributed by atoms with E-state index in [0.717, 1.165) is 50.8 Å². The maximum absolute atomic E-state index is 12.8. The summed E-state index contributed by atoms with van der Waals surface area (Å²) in [6, 6.07) is 5.05. The first kappa shape index (κ1) is 15.9. The number of sulfonamides is 1. The molecule has 130 valence electrons. The van der Waals surface area contributed by atoms with Crippen LogP contribution in [0.15, 0.2) is 23.1 Å². The second kappa shape index (κ2) is 6.04. The fourth-order valence-corrected chi connectivity index (χ4v) is 5.53. The van der Waals surface area contributed by atoms with Gasteiger partial charge < -0.3 is 10.2 Å². The summed E-state index contributed by atoms with van der Waals surface area (Å²) in [7, 11) is -3.48. The van der Waals surface area contributed by atoms with E-state index in [-0.39, 0.29) is 16.8 Å². The van der Waals surface area contributed by atoms with Crippen LogP contribution in [0.2, 0.25) is 0 Å². The minimum absolute atomic E-state index is 0.0188. The molecule has 0 saturated carbocycles. The number of hydrogen-bond donors (Lipinski definition) is 1. The molecule has 1 aromatic rings. The Kier molecular flexibility index (Phi) is 4.00. The van der Waals surface area contributed by atoms with Gasteiger partial charge in [0.2, 0.25) is 15.9 Å². The number of nitrogens with one attached hydrogen (secondary N) is 1. The molecule has 0 aromatic heterocycles. The zero-order chi connectivity index (χ0) is 16.7. The minimum Gasteiger partial charge on any atom is -0.358 e. The maximum Gasteiger partial charge on any atom is 0.247 e. The van der Waals surface area contributed by atoms with Crippen LogP contribution in [-0.4, -0.2) is 44.3 Å². The molecular formula is C17H23N3O3S. The molecule has 0 spiro atoms. The van der Waals surface area contributed by atoms with Crippen molar-refractivity contribution in [3.05, 3.63) is 18.2 Å². The molecule has 1 amide bonds. The van der Waals surface area contributed by atoms with Crippen LogP contribution in [0.1, 0.15) is 38.5 Å². The maximum atomic E-state index is 12.8. The van der Waals surface area contributed by atoms with Gasteiger partial charge in [-0.15, -0.1) is 0 Å². The summed E-state index contributed by atoms with van der Waals surface area (Å²) in [5.41, 5.74) is 1.56. The van der Waals surface area contributed by atoms with Crippen molar-refractivity contribution in [1.82, 2.24) is 4.31 Å². The van der Waals surface area contributed by atoms with Crippen molar-refractivity contribution in [2.45, 2.75) is 49.5 Å². The highest BCUT2D eigenvalue weighted by atomic mass is 32.2. The molecule has 0 radical (unpaired) electrons. The first-order valence-corrected chi connectivity index (χ1v) is 10.2. The van der Waals surface area contributed by atoms with Crippen molar-refractivity contribution in [2.24, 2.45) is 0 Å². The van der Waals surface area contributed by atoms with E-state index in [1.807, 2.05) is 6.07 Å². The molecule has 3 aliphatic rings. The van der Waals surface area contributed by atoms with Gasteiger partial charge in [0.1, 0.15) is 6.04 Å². The van der Waals surface area contributed by atoms with Gasteiger partial charge in [0.05, 0.1) is 16.3 Å². The van der Waals surface area contributed by atoms with Crippen molar-refractivity contribution in [3.63, 3.8) is 0 Å². The van der Waals surface area contributed by atoms with Crippen molar-refractivity contribution in [1.29, 1.82) is 0 Å². The van der Waals surface area contributed by atoms with Gasteiger partial charge in [-0.3, -0.25) is 4.79 Å². The smallest absolute Gasteiger partial charge is 0.247 e. The van der Waals surface area contributed by atoms with Crippen LogP contribution in [0.25, 0.3) is 0 Å². The molecule has 24 heavy (non-hydrogen) atoms. The average molecular weight is 349 g/mol. The summed E-state index contributed by atoms with van der Waals surface area (Å²) in [5, 5.41) is 2.91. The highest BCUT2D eigenvalue weighted by Gasteiger charge is 2.35. The lowest BCUT2D eigenvalue weighted by Crippen LogP contribution is -2.50. The zero-order valence-corrected chi connectivity index (χ0v) is 14.5. The number of carbonyl (C=O) groups excluding carboxylic acids is 1. The van der Waals surface area contributed by atoms with Gasteiger partial charge in [-0.1, -0.05) is 6.42 Å². The number of benzene rings is 1. The number of hydrogen-bond acceptors (Lipinski definition) is 4. The van der Waals surface area contributed by atoms with Crippen LogP contribution < -0.4 is 10.2 Å². The molecule has 7 heteroatoms. The number of amides is 1. The van der Waals surface area contributed by atoms with Crippen LogP contribution in [-0.2, 0) is 14.8 Å². The van der Waals surface area contributed by atoms with Gasteiger partial charge >= 0.3 is 0 Å². The van der Waals surface area contributed by atoms with Gasteiger partial charge in [0.25, 0.3) is 0 Å². The van der Waals surface area contributed by atoms with Crippen LogP contribution in [0, 0.1) is 0 Å². The Labute approximate surface area is 142 Å². The number of carbonyl (C=O) groups is 1. The van der Waals surface area contributed by atoms with E-state index in [1.165, 1.54) is 0 Å². The molecule has 1 aromatic carbocycles. The lowest BCUT2D eigenvalue weighted by atomic mass is 9.97. The molecule has 2 fully saturated rings.